The summed E-state index contributed by atoms with van der Waals surface area (Å²) in [4.78, 5) is 2.25. The van der Waals surface area contributed by atoms with Gasteiger partial charge in [0.05, 0.1) is 23.9 Å². The van der Waals surface area contributed by atoms with Crippen molar-refractivity contribution in [3.8, 4) is 0 Å². The fourth-order valence-electron chi connectivity index (χ4n) is 4.13. The summed E-state index contributed by atoms with van der Waals surface area (Å²) < 4.78 is 15.1. The number of aliphatic hydroxyl groups is 2. The third kappa shape index (κ3) is 3.60. The van der Waals surface area contributed by atoms with E-state index in [2.05, 4.69) is 10.00 Å². The van der Waals surface area contributed by atoms with Crippen molar-refractivity contribution in [2.24, 2.45) is 5.41 Å². The van der Waals surface area contributed by atoms with E-state index in [-0.39, 0.29) is 12.4 Å². The van der Waals surface area contributed by atoms with Crippen LogP contribution in [0.4, 0.5) is 4.39 Å². The third-order valence-electron chi connectivity index (χ3n) is 5.63. The minimum atomic E-state index is -0.659. The predicted molar refractivity (Wildman–Crippen MR) is 101 cm³/mol. The number of hydrogen-bond acceptors (Lipinski definition) is 4. The Bertz CT molecular complexity index is 911. The summed E-state index contributed by atoms with van der Waals surface area (Å²) in [5.41, 5.74) is 2.38. The highest BCUT2D eigenvalue weighted by atomic mass is 19.1. The average molecular weight is 369 g/mol. The molecule has 0 spiro atoms. The zero-order valence-electron chi connectivity index (χ0n) is 15.1. The molecule has 1 aliphatic rings. The van der Waals surface area contributed by atoms with Gasteiger partial charge in [0.1, 0.15) is 5.82 Å². The van der Waals surface area contributed by atoms with E-state index in [4.69, 9.17) is 0 Å². The number of piperidine rings is 1. The van der Waals surface area contributed by atoms with Crippen LogP contribution in [-0.2, 0) is 13.0 Å². The summed E-state index contributed by atoms with van der Waals surface area (Å²) in [6, 6.07) is 14.3. The lowest BCUT2D eigenvalue weighted by Crippen LogP contribution is -2.54. The van der Waals surface area contributed by atoms with Crippen LogP contribution in [0.25, 0.3) is 5.52 Å². The van der Waals surface area contributed by atoms with E-state index in [1.54, 1.807) is 18.3 Å². The van der Waals surface area contributed by atoms with Gasteiger partial charge in [-0.25, -0.2) is 8.91 Å². The van der Waals surface area contributed by atoms with E-state index in [9.17, 15) is 14.6 Å². The maximum Gasteiger partial charge on any atom is 0.123 e. The van der Waals surface area contributed by atoms with Crippen LogP contribution in [0.15, 0.2) is 54.7 Å². The normalized spacial score (nSPS) is 23.7. The Hall–Kier alpha value is -2.28. The molecule has 1 saturated heterocycles. The van der Waals surface area contributed by atoms with Crippen molar-refractivity contribution in [2.45, 2.75) is 25.5 Å². The summed E-state index contributed by atoms with van der Waals surface area (Å²) in [7, 11) is 0. The molecule has 0 amide bonds. The van der Waals surface area contributed by atoms with Gasteiger partial charge in [0.2, 0.25) is 0 Å². The van der Waals surface area contributed by atoms with Crippen LogP contribution in [0.3, 0.4) is 0 Å². The van der Waals surface area contributed by atoms with Crippen molar-refractivity contribution >= 4 is 5.52 Å². The van der Waals surface area contributed by atoms with E-state index in [1.165, 1.54) is 12.1 Å². The van der Waals surface area contributed by atoms with Gasteiger partial charge in [-0.05, 0) is 48.7 Å². The van der Waals surface area contributed by atoms with Crippen LogP contribution < -0.4 is 0 Å². The molecule has 0 saturated carbocycles. The minimum Gasteiger partial charge on any atom is -0.396 e. The van der Waals surface area contributed by atoms with Gasteiger partial charge in [-0.2, -0.15) is 5.10 Å². The fraction of sp³-hybridized carbons (Fsp3) is 0.381. The first kappa shape index (κ1) is 18.1. The zero-order chi connectivity index (χ0) is 18.9. The van der Waals surface area contributed by atoms with Crippen molar-refractivity contribution in [2.75, 3.05) is 19.7 Å². The first-order chi connectivity index (χ1) is 13.1. The van der Waals surface area contributed by atoms with E-state index in [0.717, 1.165) is 23.3 Å². The van der Waals surface area contributed by atoms with Gasteiger partial charge in [-0.3, -0.25) is 4.90 Å². The summed E-state index contributed by atoms with van der Waals surface area (Å²) >= 11 is 0. The molecular formula is C21H24FN3O2. The number of fused-ring (bicyclic) bond motifs is 1. The molecule has 4 rings (SSSR count). The standard InChI is InChI=1S/C21H24FN3O2/c22-17-6-4-16(5-7-17)12-21(15-26)14-24(11-9-20(21)27)13-19-3-1-2-18-8-10-23-25(18)19/h1-8,10,20,26-27H,9,11-15H2/t20-,21-/m0/s1. The number of hydrogen-bond donors (Lipinski definition) is 2. The van der Waals surface area contributed by atoms with Crippen molar-refractivity contribution in [3.63, 3.8) is 0 Å². The Balaban J connectivity index is 1.55. The van der Waals surface area contributed by atoms with Crippen LogP contribution in [0.2, 0.25) is 0 Å². The van der Waals surface area contributed by atoms with E-state index in [1.807, 2.05) is 28.8 Å². The van der Waals surface area contributed by atoms with Gasteiger partial charge >= 0.3 is 0 Å². The summed E-state index contributed by atoms with van der Waals surface area (Å²) in [6.07, 6.45) is 2.29. The maximum atomic E-state index is 13.2. The van der Waals surface area contributed by atoms with Crippen molar-refractivity contribution in [3.05, 3.63) is 71.8 Å². The van der Waals surface area contributed by atoms with Gasteiger partial charge in [-0.15, -0.1) is 0 Å². The molecule has 0 bridgehead atoms. The largest absolute Gasteiger partial charge is 0.396 e. The maximum absolute atomic E-state index is 13.2. The molecule has 2 aromatic heterocycles. The molecule has 3 heterocycles. The number of rotatable bonds is 5. The Labute approximate surface area is 157 Å². The second-order valence-corrected chi connectivity index (χ2v) is 7.52. The van der Waals surface area contributed by atoms with Gasteiger partial charge in [-0.1, -0.05) is 18.2 Å². The molecule has 1 aromatic carbocycles. The Kier molecular flexibility index (Phi) is 4.95. The number of halogens is 1. The first-order valence-corrected chi connectivity index (χ1v) is 9.27. The molecular weight excluding hydrogens is 345 g/mol. The van der Waals surface area contributed by atoms with Gasteiger partial charge < -0.3 is 10.2 Å². The number of nitrogens with zero attached hydrogens (tertiary/aromatic N) is 3. The third-order valence-corrected chi connectivity index (χ3v) is 5.63. The molecule has 6 heteroatoms. The van der Waals surface area contributed by atoms with Crippen molar-refractivity contribution < 1.29 is 14.6 Å². The topological polar surface area (TPSA) is 61.0 Å². The van der Waals surface area contributed by atoms with Crippen LogP contribution >= 0.6 is 0 Å². The highest BCUT2D eigenvalue weighted by molar-refractivity contribution is 5.46. The van der Waals surface area contributed by atoms with Crippen LogP contribution in [0.5, 0.6) is 0 Å². The Morgan fingerprint density at radius 3 is 2.74 bits per heavy atom. The van der Waals surface area contributed by atoms with Crippen LogP contribution in [-0.4, -0.2) is 50.5 Å². The zero-order valence-corrected chi connectivity index (χ0v) is 15.1. The molecule has 0 radical (unpaired) electrons. The summed E-state index contributed by atoms with van der Waals surface area (Å²) in [5.74, 6) is -0.282. The fourth-order valence-corrected chi connectivity index (χ4v) is 4.13. The minimum absolute atomic E-state index is 0.117. The molecule has 0 aliphatic carbocycles. The summed E-state index contributed by atoms with van der Waals surface area (Å²) in [5, 5.41) is 25.2. The lowest BCUT2D eigenvalue weighted by atomic mass is 9.73. The molecule has 2 N–H and O–H groups in total. The van der Waals surface area contributed by atoms with Gasteiger partial charge in [0.25, 0.3) is 0 Å². The first-order valence-electron chi connectivity index (χ1n) is 9.27. The molecule has 1 aliphatic heterocycles. The van der Waals surface area contributed by atoms with Crippen molar-refractivity contribution in [1.82, 2.24) is 14.5 Å². The highest BCUT2D eigenvalue weighted by Crippen LogP contribution is 2.34. The average Bonchev–Trinajstić information content (AvgIpc) is 3.16. The number of benzene rings is 1. The Morgan fingerprint density at radius 1 is 1.15 bits per heavy atom. The number of likely N-dealkylation sites (tertiary alicyclic amines) is 1. The van der Waals surface area contributed by atoms with E-state index in [0.29, 0.717) is 25.9 Å². The predicted octanol–water partition coefficient (Wildman–Crippen LogP) is 2.26. The highest BCUT2D eigenvalue weighted by Gasteiger charge is 2.42. The molecule has 142 valence electrons. The lowest BCUT2D eigenvalue weighted by molar-refractivity contribution is -0.0771. The monoisotopic (exact) mass is 369 g/mol. The smallest absolute Gasteiger partial charge is 0.123 e. The SMILES string of the molecule is OC[C@]1(Cc2ccc(F)cc2)CN(Cc2cccc3ccnn23)CC[C@@H]1O. The van der Waals surface area contributed by atoms with Crippen LogP contribution in [0, 0.1) is 11.2 Å². The molecule has 5 nitrogen and oxygen atoms in total. The van der Waals surface area contributed by atoms with Gasteiger partial charge in [0.15, 0.2) is 0 Å². The van der Waals surface area contributed by atoms with Gasteiger partial charge in [0, 0.05) is 31.2 Å². The Morgan fingerprint density at radius 2 is 1.96 bits per heavy atom. The summed E-state index contributed by atoms with van der Waals surface area (Å²) in [6.45, 7) is 1.90. The second-order valence-electron chi connectivity index (χ2n) is 7.52. The molecule has 3 aromatic rings. The molecule has 2 atom stereocenters. The second kappa shape index (κ2) is 7.38. The van der Waals surface area contributed by atoms with Crippen LogP contribution in [0.1, 0.15) is 17.7 Å². The quantitative estimate of drug-likeness (QED) is 0.724. The molecule has 0 unspecified atom stereocenters. The number of aromatic nitrogens is 2. The number of aliphatic hydroxyl groups excluding tert-OH is 2. The number of pyridine rings is 1. The van der Waals surface area contributed by atoms with E-state index >= 15 is 0 Å². The molecule has 27 heavy (non-hydrogen) atoms. The van der Waals surface area contributed by atoms with Crippen molar-refractivity contribution in [1.29, 1.82) is 0 Å². The lowest BCUT2D eigenvalue weighted by Gasteiger charge is -2.45. The molecule has 1 fully saturated rings. The van der Waals surface area contributed by atoms with E-state index < -0.39 is 11.5 Å².